The number of nitrogens with one attached hydrogen (secondary N) is 2. The minimum Gasteiger partial charge on any atom is -0.420 e. The van der Waals surface area contributed by atoms with E-state index in [1.54, 1.807) is 0 Å². The first kappa shape index (κ1) is 31.1. The summed E-state index contributed by atoms with van der Waals surface area (Å²) in [7, 11) is 5.52. The van der Waals surface area contributed by atoms with Crippen molar-refractivity contribution >= 4 is 23.3 Å². The second kappa shape index (κ2) is 11.4. The molecule has 4 rings (SSSR count). The van der Waals surface area contributed by atoms with Gasteiger partial charge in [-0.25, -0.2) is 9.59 Å². The van der Waals surface area contributed by atoms with Gasteiger partial charge in [-0.1, -0.05) is 12.1 Å². The SMILES string of the molecule is CN(C)c1cc(C(c2ccc(OC(=O)c3ccc[nH]3)c(N(C)C)c2)(C(F)(F)F)C(F)(F)F)ccc1OC(=O)c1ccc[nH]1. The van der Waals surface area contributed by atoms with E-state index in [2.05, 4.69) is 9.97 Å². The molecule has 0 saturated carbocycles. The molecule has 0 amide bonds. The Morgan fingerprint density at radius 3 is 1.28 bits per heavy atom. The molecule has 0 spiro atoms. The van der Waals surface area contributed by atoms with Gasteiger partial charge in [-0.3, -0.25) is 0 Å². The zero-order valence-corrected chi connectivity index (χ0v) is 23.2. The molecule has 0 aliphatic heterocycles. The van der Waals surface area contributed by atoms with Crippen molar-refractivity contribution in [3.05, 3.63) is 95.6 Å². The van der Waals surface area contributed by atoms with Crippen LogP contribution < -0.4 is 19.3 Å². The number of anilines is 2. The van der Waals surface area contributed by atoms with Gasteiger partial charge in [0, 0.05) is 40.6 Å². The summed E-state index contributed by atoms with van der Waals surface area (Å²) in [5.41, 5.74) is -7.23. The Kier molecular flexibility index (Phi) is 8.25. The number of aromatic amines is 2. The fraction of sp³-hybridized carbons (Fsp3) is 0.241. The van der Waals surface area contributed by atoms with E-state index < -0.39 is 40.8 Å². The molecule has 0 saturated heterocycles. The van der Waals surface area contributed by atoms with Crippen molar-refractivity contribution in [3.63, 3.8) is 0 Å². The highest BCUT2D eigenvalue weighted by Crippen LogP contribution is 2.57. The zero-order valence-electron chi connectivity index (χ0n) is 23.2. The number of esters is 2. The Morgan fingerprint density at radius 1 is 0.628 bits per heavy atom. The predicted molar refractivity (Wildman–Crippen MR) is 146 cm³/mol. The molecule has 0 unspecified atom stereocenters. The van der Waals surface area contributed by atoms with Crippen LogP contribution in [-0.4, -0.2) is 62.4 Å². The highest BCUT2D eigenvalue weighted by atomic mass is 19.4. The van der Waals surface area contributed by atoms with Crippen molar-refractivity contribution in [2.24, 2.45) is 0 Å². The van der Waals surface area contributed by atoms with Crippen LogP contribution in [-0.2, 0) is 5.41 Å². The van der Waals surface area contributed by atoms with Gasteiger partial charge in [-0.15, -0.1) is 0 Å². The lowest BCUT2D eigenvalue weighted by Crippen LogP contribution is -2.54. The Labute approximate surface area is 241 Å². The smallest absolute Gasteiger partial charge is 0.411 e. The topological polar surface area (TPSA) is 90.7 Å². The average Bonchev–Trinajstić information content (AvgIpc) is 3.63. The molecule has 2 heterocycles. The number of rotatable bonds is 8. The van der Waals surface area contributed by atoms with Crippen LogP contribution in [0.15, 0.2) is 73.1 Å². The monoisotopic (exact) mass is 608 g/mol. The van der Waals surface area contributed by atoms with E-state index in [0.29, 0.717) is 24.3 Å². The lowest BCUT2D eigenvalue weighted by molar-refractivity contribution is -0.288. The van der Waals surface area contributed by atoms with Crippen molar-refractivity contribution in [1.29, 1.82) is 0 Å². The highest BCUT2D eigenvalue weighted by Gasteiger charge is 2.72. The van der Waals surface area contributed by atoms with Crippen molar-refractivity contribution in [1.82, 2.24) is 9.97 Å². The number of benzene rings is 2. The molecular weight excluding hydrogens is 582 g/mol. The number of nitrogens with zero attached hydrogens (tertiary/aromatic N) is 2. The molecule has 0 radical (unpaired) electrons. The number of ether oxygens (including phenoxy) is 2. The third kappa shape index (κ3) is 5.76. The Morgan fingerprint density at radius 2 is 1.00 bits per heavy atom. The molecule has 4 aromatic rings. The molecule has 0 aliphatic carbocycles. The first-order valence-corrected chi connectivity index (χ1v) is 12.6. The van der Waals surface area contributed by atoms with E-state index >= 15 is 0 Å². The van der Waals surface area contributed by atoms with E-state index in [1.165, 1.54) is 74.6 Å². The Bertz CT molecular complexity index is 1470. The summed E-state index contributed by atoms with van der Waals surface area (Å²) >= 11 is 0. The maximum absolute atomic E-state index is 15.0. The van der Waals surface area contributed by atoms with Crippen LogP contribution in [0.4, 0.5) is 37.7 Å². The van der Waals surface area contributed by atoms with Crippen LogP contribution in [0.25, 0.3) is 0 Å². The van der Waals surface area contributed by atoms with Gasteiger partial charge in [-0.2, -0.15) is 26.3 Å². The molecule has 43 heavy (non-hydrogen) atoms. The van der Waals surface area contributed by atoms with Gasteiger partial charge in [-0.05, 0) is 59.7 Å². The molecular formula is C29H26F6N4O4. The maximum Gasteiger partial charge on any atom is 0.411 e. The average molecular weight is 609 g/mol. The molecule has 0 atom stereocenters. The fourth-order valence-electron chi connectivity index (χ4n) is 4.58. The number of aromatic nitrogens is 2. The standard InChI is InChI=1S/C29H26F6N4O4/c1-38(2)21-15-17(9-11-23(21)42-25(40)19-7-5-13-36-19)27(28(30,31)32,29(33,34)35)18-10-12-24(22(16-18)39(3)4)43-26(41)20-8-6-14-37-20/h5-16,36-37H,1-4H3. The van der Waals surface area contributed by atoms with Crippen molar-refractivity contribution in [3.8, 4) is 11.5 Å². The quantitative estimate of drug-likeness (QED) is 0.138. The normalized spacial score (nSPS) is 12.1. The molecule has 2 aromatic carbocycles. The molecule has 2 N–H and O–H groups in total. The van der Waals surface area contributed by atoms with Gasteiger partial charge in [0.2, 0.25) is 5.41 Å². The minimum atomic E-state index is -5.90. The van der Waals surface area contributed by atoms with Gasteiger partial charge >= 0.3 is 24.3 Å². The van der Waals surface area contributed by atoms with E-state index in [1.807, 2.05) is 0 Å². The van der Waals surface area contributed by atoms with Gasteiger partial charge in [0.15, 0.2) is 11.5 Å². The second-order valence-corrected chi connectivity index (χ2v) is 9.85. The predicted octanol–water partition coefficient (Wildman–Crippen LogP) is 6.32. The molecule has 0 bridgehead atoms. The number of hydrogen-bond acceptors (Lipinski definition) is 6. The van der Waals surface area contributed by atoms with E-state index in [0.717, 1.165) is 12.1 Å². The number of halogens is 6. The van der Waals surface area contributed by atoms with Crippen molar-refractivity contribution < 1.29 is 45.4 Å². The number of alkyl halides is 6. The number of carbonyl (C=O) groups excluding carboxylic acids is 2. The van der Waals surface area contributed by atoms with Crippen molar-refractivity contribution in [2.75, 3.05) is 38.0 Å². The van der Waals surface area contributed by atoms with Crippen LogP contribution in [0.5, 0.6) is 11.5 Å². The number of carbonyl (C=O) groups is 2. The summed E-state index contributed by atoms with van der Waals surface area (Å²) in [6.45, 7) is 0. The van der Waals surface area contributed by atoms with Crippen LogP contribution >= 0.6 is 0 Å². The largest absolute Gasteiger partial charge is 0.420 e. The summed E-state index contributed by atoms with van der Waals surface area (Å²) in [6, 6.07) is 10.2. The molecule has 0 fully saturated rings. The summed E-state index contributed by atoms with van der Waals surface area (Å²) in [5.74, 6) is -2.29. The van der Waals surface area contributed by atoms with Crippen LogP contribution in [0.2, 0.25) is 0 Å². The van der Waals surface area contributed by atoms with Gasteiger partial charge < -0.3 is 29.2 Å². The lowest BCUT2D eigenvalue weighted by atomic mass is 9.72. The first-order chi connectivity index (χ1) is 20.1. The Balaban J connectivity index is 1.90. The van der Waals surface area contributed by atoms with E-state index in [9.17, 15) is 35.9 Å². The third-order valence-corrected chi connectivity index (χ3v) is 6.64. The molecule has 14 heteroatoms. The summed E-state index contributed by atoms with van der Waals surface area (Å²) in [4.78, 5) is 32.7. The maximum atomic E-state index is 15.0. The second-order valence-electron chi connectivity index (χ2n) is 9.85. The highest BCUT2D eigenvalue weighted by molar-refractivity contribution is 5.90. The Hall–Kier alpha value is -4.88. The first-order valence-electron chi connectivity index (χ1n) is 12.6. The van der Waals surface area contributed by atoms with Crippen LogP contribution in [0.1, 0.15) is 32.1 Å². The zero-order chi connectivity index (χ0) is 31.7. The van der Waals surface area contributed by atoms with Crippen molar-refractivity contribution in [2.45, 2.75) is 17.8 Å². The summed E-state index contributed by atoms with van der Waals surface area (Å²) in [6.07, 6.45) is -8.91. The van der Waals surface area contributed by atoms with Gasteiger partial charge in [0.05, 0.1) is 11.4 Å². The van der Waals surface area contributed by atoms with E-state index in [4.69, 9.17) is 9.47 Å². The number of H-pyrrole nitrogens is 2. The van der Waals surface area contributed by atoms with Gasteiger partial charge in [0.25, 0.3) is 0 Å². The summed E-state index contributed by atoms with van der Waals surface area (Å²) in [5, 5.41) is 0. The van der Waals surface area contributed by atoms with Gasteiger partial charge in [0.1, 0.15) is 11.4 Å². The van der Waals surface area contributed by atoms with Crippen LogP contribution in [0, 0.1) is 0 Å². The fourth-order valence-corrected chi connectivity index (χ4v) is 4.58. The van der Waals surface area contributed by atoms with Crippen LogP contribution in [0.3, 0.4) is 0 Å². The molecule has 8 nitrogen and oxygen atoms in total. The summed E-state index contributed by atoms with van der Waals surface area (Å²) < 4.78 is 100. The van der Waals surface area contributed by atoms with E-state index in [-0.39, 0.29) is 34.3 Å². The minimum absolute atomic E-state index is 0.0296. The molecule has 0 aliphatic rings. The lowest BCUT2D eigenvalue weighted by Gasteiger charge is -2.39. The molecule has 2 aromatic heterocycles. The third-order valence-electron chi connectivity index (χ3n) is 6.64. The molecule has 228 valence electrons. The number of hydrogen-bond donors (Lipinski definition) is 2.